The lowest BCUT2D eigenvalue weighted by molar-refractivity contribution is -0.923. The molecular weight excluding hydrogens is 719 g/mol. The molecule has 8 nitrogen and oxygen atoms in total. The van der Waals surface area contributed by atoms with E-state index < -0.39 is 0 Å². The molecule has 0 amide bonds. The summed E-state index contributed by atoms with van der Waals surface area (Å²) in [6.07, 6.45) is 3.45. The maximum atomic E-state index is 6.84. The van der Waals surface area contributed by atoms with Crippen molar-refractivity contribution >= 4 is 0 Å². The van der Waals surface area contributed by atoms with Gasteiger partial charge in [0.1, 0.15) is 11.8 Å². The van der Waals surface area contributed by atoms with Gasteiger partial charge in [0.25, 0.3) is 0 Å². The molecule has 0 aromatic heterocycles. The summed E-state index contributed by atoms with van der Waals surface area (Å²) in [7, 11) is 13.5. The molecule has 2 atom stereocenters. The van der Waals surface area contributed by atoms with E-state index in [1.54, 1.807) is 28.4 Å². The van der Waals surface area contributed by atoms with E-state index in [1.807, 2.05) is 6.07 Å². The highest BCUT2D eigenvalue weighted by Crippen LogP contribution is 2.52. The SMILES string of the molecule is COc1ccc2cc1Oc1cc3c(cc1OC)CCN(C)[C@H]3Cc1ccc(cc1)Oc1c(OC)c(OC)cc3c1[C@@H](C2)[N+](C)(C)CC3.[I-]. The lowest BCUT2D eigenvalue weighted by Gasteiger charge is -2.43. The van der Waals surface area contributed by atoms with Crippen LogP contribution in [0.3, 0.4) is 0 Å². The van der Waals surface area contributed by atoms with Crippen molar-refractivity contribution in [3.63, 3.8) is 0 Å². The molecule has 4 heterocycles. The van der Waals surface area contributed by atoms with Crippen LogP contribution >= 0.6 is 0 Å². The third kappa shape index (κ3) is 6.16. The molecule has 0 saturated carbocycles. The number of methoxy groups -OCH3 is 4. The second kappa shape index (κ2) is 13.7. The molecule has 4 aliphatic rings. The number of ether oxygens (including phenoxy) is 6. The van der Waals surface area contributed by atoms with Gasteiger partial charge in [0, 0.05) is 25.4 Å². The number of hydrogen-bond acceptors (Lipinski definition) is 7. The zero-order chi connectivity index (χ0) is 32.9. The number of halogens is 1. The molecule has 254 valence electrons. The van der Waals surface area contributed by atoms with Gasteiger partial charge in [-0.25, -0.2) is 0 Å². The normalized spacial score (nSPS) is 19.3. The van der Waals surface area contributed by atoms with Gasteiger partial charge in [-0.15, -0.1) is 0 Å². The molecule has 0 radical (unpaired) electrons. The maximum Gasteiger partial charge on any atom is 0.204 e. The van der Waals surface area contributed by atoms with Gasteiger partial charge in [-0.1, -0.05) is 18.2 Å². The molecule has 0 unspecified atom stereocenters. The summed E-state index contributed by atoms with van der Waals surface area (Å²) >= 11 is 0. The first-order chi connectivity index (χ1) is 22.7. The van der Waals surface area contributed by atoms with Gasteiger partial charge >= 0.3 is 0 Å². The third-order valence-electron chi connectivity index (χ3n) is 10.4. The van der Waals surface area contributed by atoms with Gasteiger partial charge in [-0.3, -0.25) is 4.90 Å². The van der Waals surface area contributed by atoms with Crippen molar-refractivity contribution in [3.8, 4) is 46.0 Å². The maximum absolute atomic E-state index is 6.84. The molecule has 0 aliphatic carbocycles. The molecule has 8 rings (SSSR count). The topological polar surface area (TPSA) is 58.6 Å². The minimum Gasteiger partial charge on any atom is -1.00 e. The predicted molar refractivity (Wildman–Crippen MR) is 182 cm³/mol. The first-order valence-corrected chi connectivity index (χ1v) is 16.4. The Bertz CT molecular complexity index is 1810. The summed E-state index contributed by atoms with van der Waals surface area (Å²) in [5, 5.41) is 0. The van der Waals surface area contributed by atoms with Crippen LogP contribution in [0.4, 0.5) is 0 Å². The average Bonchev–Trinajstić information content (AvgIpc) is 3.07. The lowest BCUT2D eigenvalue weighted by Crippen LogP contribution is -3.00. The summed E-state index contributed by atoms with van der Waals surface area (Å²) in [4.78, 5) is 2.43. The van der Waals surface area contributed by atoms with Crippen LogP contribution < -0.4 is 52.4 Å². The summed E-state index contributed by atoms with van der Waals surface area (Å²) in [5.41, 5.74) is 7.27. The lowest BCUT2D eigenvalue weighted by atomic mass is 9.86. The highest BCUT2D eigenvalue weighted by molar-refractivity contribution is 5.62. The van der Waals surface area contributed by atoms with Gasteiger partial charge < -0.3 is 56.9 Å². The van der Waals surface area contributed by atoms with E-state index in [4.69, 9.17) is 28.4 Å². The van der Waals surface area contributed by atoms with Crippen LogP contribution in [0, 0.1) is 0 Å². The molecule has 48 heavy (non-hydrogen) atoms. The van der Waals surface area contributed by atoms with E-state index in [2.05, 4.69) is 80.6 Å². The van der Waals surface area contributed by atoms with Crippen molar-refractivity contribution < 1.29 is 56.9 Å². The molecule has 0 saturated heterocycles. The summed E-state index contributed by atoms with van der Waals surface area (Å²) in [5.74, 6) is 5.50. The first kappa shape index (κ1) is 34.2. The van der Waals surface area contributed by atoms with E-state index in [0.717, 1.165) is 65.9 Å². The summed E-state index contributed by atoms with van der Waals surface area (Å²) in [6.45, 7) is 1.94. The van der Waals surface area contributed by atoms with E-state index in [9.17, 15) is 0 Å². The van der Waals surface area contributed by atoms with Crippen LogP contribution in [0.2, 0.25) is 0 Å². The van der Waals surface area contributed by atoms with E-state index >= 15 is 0 Å². The highest BCUT2D eigenvalue weighted by Gasteiger charge is 2.41. The third-order valence-corrected chi connectivity index (χ3v) is 10.4. The molecule has 4 aromatic rings. The Morgan fingerprint density at radius 1 is 0.708 bits per heavy atom. The summed E-state index contributed by atoms with van der Waals surface area (Å²) < 4.78 is 37.9. The molecule has 9 heteroatoms. The first-order valence-electron chi connectivity index (χ1n) is 16.4. The van der Waals surface area contributed by atoms with Crippen LogP contribution in [0.15, 0.2) is 60.7 Å². The van der Waals surface area contributed by atoms with Crippen molar-refractivity contribution in [2.24, 2.45) is 0 Å². The van der Waals surface area contributed by atoms with E-state index in [0.29, 0.717) is 34.5 Å². The van der Waals surface area contributed by atoms with Crippen LogP contribution in [-0.4, -0.2) is 72.1 Å². The minimum absolute atomic E-state index is 0. The van der Waals surface area contributed by atoms with E-state index in [1.165, 1.54) is 22.3 Å². The number of quaternary nitrogens is 1. The van der Waals surface area contributed by atoms with Gasteiger partial charge in [-0.2, -0.15) is 0 Å². The molecule has 4 aliphatic heterocycles. The van der Waals surface area contributed by atoms with Crippen molar-refractivity contribution in [2.45, 2.75) is 37.8 Å². The van der Waals surface area contributed by atoms with Crippen molar-refractivity contribution in [2.75, 3.05) is 62.7 Å². The van der Waals surface area contributed by atoms with Crippen LogP contribution in [-0.2, 0) is 25.7 Å². The number of hydrogen-bond donors (Lipinski definition) is 0. The van der Waals surface area contributed by atoms with Crippen molar-refractivity contribution in [3.05, 3.63) is 94.0 Å². The summed E-state index contributed by atoms with van der Waals surface area (Å²) in [6, 6.07) is 21.4. The second-order valence-electron chi connectivity index (χ2n) is 13.5. The van der Waals surface area contributed by atoms with Gasteiger partial charge in [0.15, 0.2) is 34.5 Å². The van der Waals surface area contributed by atoms with Crippen molar-refractivity contribution in [1.82, 2.24) is 4.90 Å². The fourth-order valence-corrected chi connectivity index (χ4v) is 7.61. The molecule has 0 N–H and O–H groups in total. The zero-order valence-electron chi connectivity index (χ0n) is 28.9. The number of rotatable bonds is 4. The predicted octanol–water partition coefficient (Wildman–Crippen LogP) is 4.31. The minimum atomic E-state index is 0. The van der Waals surface area contributed by atoms with Gasteiger partial charge in [0.2, 0.25) is 5.75 Å². The Balaban J connectivity index is 0.00000401. The smallest absolute Gasteiger partial charge is 0.204 e. The molecule has 0 fully saturated rings. The van der Waals surface area contributed by atoms with Gasteiger partial charge in [-0.05, 0) is 90.2 Å². The number of nitrogens with zero attached hydrogens (tertiary/aromatic N) is 2. The van der Waals surface area contributed by atoms with Crippen LogP contribution in [0.25, 0.3) is 0 Å². The quantitative estimate of drug-likeness (QED) is 0.227. The fraction of sp³-hybridized carbons (Fsp3) is 0.385. The van der Waals surface area contributed by atoms with E-state index in [-0.39, 0.29) is 36.1 Å². The van der Waals surface area contributed by atoms with Crippen molar-refractivity contribution in [1.29, 1.82) is 0 Å². The van der Waals surface area contributed by atoms with Crippen LogP contribution in [0.5, 0.6) is 46.0 Å². The largest absolute Gasteiger partial charge is 1.00 e. The Kier molecular flexibility index (Phi) is 9.75. The molecule has 0 spiro atoms. The average molecular weight is 765 g/mol. The Morgan fingerprint density at radius 3 is 2.10 bits per heavy atom. The molecular formula is C39H45IN2O6. The molecule has 4 aromatic carbocycles. The van der Waals surface area contributed by atoms with Crippen LogP contribution in [0.1, 0.15) is 45.5 Å². The number of fused-ring (bicyclic) bond motifs is 2. The Labute approximate surface area is 301 Å². The zero-order valence-corrected chi connectivity index (χ0v) is 31.1. The number of benzene rings is 4. The monoisotopic (exact) mass is 764 g/mol. The second-order valence-corrected chi connectivity index (χ2v) is 13.5. The highest BCUT2D eigenvalue weighted by atomic mass is 127. The standard InChI is InChI=1S/C39H45N2O6.HI/c1-40-16-14-26-21-33(43-5)35-23-29(26)30(40)18-24-8-11-28(12-9-24)46-39-37-27(22-36(44-6)38(39)45-7)15-17-41(2,3)31(37)19-25-10-13-32(42-4)34(20-25)47-35;/h8-13,20-23,30-31H,14-19H2,1-7H3;1H/q+1;/p-1/t30-,31+;/m0./s1. The fourth-order valence-electron chi connectivity index (χ4n) is 7.61. The Hall–Kier alpha value is -3.67. The van der Waals surface area contributed by atoms with Gasteiger partial charge in [0.05, 0.1) is 54.6 Å². The Morgan fingerprint density at radius 2 is 1.40 bits per heavy atom. The number of likely N-dealkylation sites (N-methyl/N-ethyl adjacent to an activating group) is 2. The molecule has 6 bridgehead atoms.